The van der Waals surface area contributed by atoms with Crippen molar-refractivity contribution in [2.24, 2.45) is 11.8 Å². The molecule has 0 aromatic carbocycles. The van der Waals surface area contributed by atoms with E-state index in [0.717, 1.165) is 25.2 Å². The summed E-state index contributed by atoms with van der Waals surface area (Å²) in [7, 11) is 0. The maximum absolute atomic E-state index is 12.4. The van der Waals surface area contributed by atoms with Gasteiger partial charge in [0.05, 0.1) is 6.20 Å². The second-order valence-corrected chi connectivity index (χ2v) is 7.55. The van der Waals surface area contributed by atoms with Gasteiger partial charge in [-0.05, 0) is 31.1 Å². The molecule has 0 amide bonds. The molecule has 0 N–H and O–H groups in total. The first-order valence-corrected chi connectivity index (χ1v) is 9.26. The zero-order valence-electron chi connectivity index (χ0n) is 12.9. The number of aromatic nitrogens is 2. The van der Waals surface area contributed by atoms with Gasteiger partial charge in [-0.2, -0.15) is 0 Å². The zero-order valence-corrected chi connectivity index (χ0v) is 13.8. The summed E-state index contributed by atoms with van der Waals surface area (Å²) in [5.74, 6) is 0.976. The summed E-state index contributed by atoms with van der Waals surface area (Å²) in [6, 6.07) is 0. The van der Waals surface area contributed by atoms with Crippen molar-refractivity contribution >= 4 is 22.3 Å². The van der Waals surface area contributed by atoms with Gasteiger partial charge in [0.2, 0.25) is 0 Å². The molecular weight excluding hydrogens is 312 g/mol. The van der Waals surface area contributed by atoms with Crippen LogP contribution in [-0.2, 0) is 4.74 Å². The first-order chi connectivity index (χ1) is 11.2. The van der Waals surface area contributed by atoms with Crippen molar-refractivity contribution in [3.8, 4) is 0 Å². The van der Waals surface area contributed by atoms with Crippen LogP contribution in [0.2, 0.25) is 0 Å². The van der Waals surface area contributed by atoms with Crippen LogP contribution in [0.4, 0.5) is 0 Å². The van der Waals surface area contributed by atoms with Crippen molar-refractivity contribution in [2.45, 2.75) is 51.0 Å². The average molecular weight is 332 g/mol. The van der Waals surface area contributed by atoms with E-state index >= 15 is 0 Å². The van der Waals surface area contributed by atoms with Crippen LogP contribution >= 0.6 is 11.3 Å². The first-order valence-electron chi connectivity index (χ1n) is 8.38. The van der Waals surface area contributed by atoms with Crippen LogP contribution in [0, 0.1) is 11.8 Å². The number of esters is 1. The quantitative estimate of drug-likeness (QED) is 0.792. The van der Waals surface area contributed by atoms with Gasteiger partial charge in [0.25, 0.3) is 5.56 Å². The molecule has 2 aromatic heterocycles. The molecule has 0 unspecified atom stereocenters. The standard InChI is InChI=1S/C17H20N2O3S/c20-15-14(10-18-17-19(15)7-8-23-17)16(21)22-13-6-5-11-3-1-2-4-12(11)9-13/h7-8,10-13H,1-6,9H2/t11-,12+,13+/m0/s1. The Kier molecular flexibility index (Phi) is 3.93. The third kappa shape index (κ3) is 2.80. The highest BCUT2D eigenvalue weighted by Crippen LogP contribution is 2.41. The third-order valence-corrected chi connectivity index (χ3v) is 6.10. The van der Waals surface area contributed by atoms with E-state index in [2.05, 4.69) is 4.98 Å². The van der Waals surface area contributed by atoms with Crippen molar-refractivity contribution in [2.75, 3.05) is 0 Å². The Balaban J connectivity index is 1.48. The van der Waals surface area contributed by atoms with E-state index in [0.29, 0.717) is 10.9 Å². The normalized spacial score (nSPS) is 27.6. The number of thiazole rings is 1. The molecule has 2 fully saturated rings. The van der Waals surface area contributed by atoms with Gasteiger partial charge in [-0.3, -0.25) is 9.20 Å². The molecule has 0 radical (unpaired) electrons. The topological polar surface area (TPSA) is 60.7 Å². The molecule has 4 rings (SSSR count). The van der Waals surface area contributed by atoms with Gasteiger partial charge >= 0.3 is 5.97 Å². The molecule has 6 heteroatoms. The second-order valence-electron chi connectivity index (χ2n) is 6.68. The monoisotopic (exact) mass is 332 g/mol. The van der Waals surface area contributed by atoms with Gasteiger partial charge in [0.1, 0.15) is 11.7 Å². The van der Waals surface area contributed by atoms with Gasteiger partial charge in [0.15, 0.2) is 4.96 Å². The Bertz CT molecular complexity index is 781. The van der Waals surface area contributed by atoms with Crippen LogP contribution in [-0.4, -0.2) is 21.5 Å². The van der Waals surface area contributed by atoms with Gasteiger partial charge in [0, 0.05) is 11.6 Å². The molecule has 2 saturated carbocycles. The molecule has 2 aliphatic rings. The van der Waals surface area contributed by atoms with E-state index in [1.807, 2.05) is 0 Å². The van der Waals surface area contributed by atoms with Crippen LogP contribution in [0.5, 0.6) is 0 Å². The summed E-state index contributed by atoms with van der Waals surface area (Å²) in [5.41, 5.74) is -0.306. The average Bonchev–Trinajstić information content (AvgIpc) is 3.04. The summed E-state index contributed by atoms with van der Waals surface area (Å²) >= 11 is 1.37. The Hall–Kier alpha value is -1.69. The SMILES string of the molecule is O=C(O[C@@H]1CC[C@@H]2CCCC[C@@H]2C1)c1cnc2sccn2c1=O. The van der Waals surface area contributed by atoms with E-state index in [1.165, 1.54) is 47.6 Å². The molecule has 23 heavy (non-hydrogen) atoms. The highest BCUT2D eigenvalue weighted by molar-refractivity contribution is 7.15. The fourth-order valence-electron chi connectivity index (χ4n) is 4.12. The van der Waals surface area contributed by atoms with E-state index < -0.39 is 5.97 Å². The van der Waals surface area contributed by atoms with Crippen LogP contribution in [0.15, 0.2) is 22.6 Å². The molecule has 122 valence electrons. The first kappa shape index (κ1) is 14.9. The van der Waals surface area contributed by atoms with Gasteiger partial charge in [-0.15, -0.1) is 11.3 Å². The van der Waals surface area contributed by atoms with Crippen molar-refractivity contribution < 1.29 is 9.53 Å². The zero-order chi connectivity index (χ0) is 15.8. The maximum atomic E-state index is 12.4. The predicted octanol–water partition coefficient (Wildman–Crippen LogP) is 3.27. The number of ether oxygens (including phenoxy) is 1. The van der Waals surface area contributed by atoms with Crippen LogP contribution in [0.1, 0.15) is 55.3 Å². The van der Waals surface area contributed by atoms with Crippen LogP contribution in [0.3, 0.4) is 0 Å². The highest BCUT2D eigenvalue weighted by atomic mass is 32.1. The summed E-state index contributed by atoms with van der Waals surface area (Å²) < 4.78 is 7.05. The summed E-state index contributed by atoms with van der Waals surface area (Å²) in [6.45, 7) is 0. The fraction of sp³-hybridized carbons (Fsp3) is 0.588. The van der Waals surface area contributed by atoms with E-state index in [4.69, 9.17) is 4.74 Å². The molecule has 5 nitrogen and oxygen atoms in total. The lowest BCUT2D eigenvalue weighted by atomic mass is 9.70. The molecule has 3 atom stereocenters. The largest absolute Gasteiger partial charge is 0.459 e. The fourth-order valence-corrected chi connectivity index (χ4v) is 4.79. The van der Waals surface area contributed by atoms with E-state index in [-0.39, 0.29) is 17.2 Å². The number of fused-ring (bicyclic) bond motifs is 2. The molecule has 0 saturated heterocycles. The summed E-state index contributed by atoms with van der Waals surface area (Å²) in [5, 5.41) is 1.78. The van der Waals surface area contributed by atoms with Gasteiger partial charge < -0.3 is 4.74 Å². The van der Waals surface area contributed by atoms with Crippen molar-refractivity contribution in [1.29, 1.82) is 0 Å². The number of hydrogen-bond donors (Lipinski definition) is 0. The van der Waals surface area contributed by atoms with E-state index in [1.54, 1.807) is 11.6 Å². The molecule has 0 spiro atoms. The second kappa shape index (κ2) is 6.07. The van der Waals surface area contributed by atoms with Crippen LogP contribution < -0.4 is 5.56 Å². The van der Waals surface area contributed by atoms with Crippen LogP contribution in [0.25, 0.3) is 4.96 Å². The Morgan fingerprint density at radius 1 is 1.22 bits per heavy atom. The lowest BCUT2D eigenvalue weighted by Crippen LogP contribution is -2.34. The Labute approximate surface area is 138 Å². The lowest BCUT2D eigenvalue weighted by Gasteiger charge is -2.38. The molecule has 2 heterocycles. The third-order valence-electron chi connectivity index (χ3n) is 5.33. The van der Waals surface area contributed by atoms with E-state index in [9.17, 15) is 9.59 Å². The molecule has 0 aliphatic heterocycles. The van der Waals surface area contributed by atoms with Crippen molar-refractivity contribution in [3.05, 3.63) is 33.7 Å². The molecule has 0 bridgehead atoms. The number of nitrogens with zero attached hydrogens (tertiary/aromatic N) is 2. The lowest BCUT2D eigenvalue weighted by molar-refractivity contribution is -0.00113. The predicted molar refractivity (Wildman–Crippen MR) is 87.8 cm³/mol. The maximum Gasteiger partial charge on any atom is 0.345 e. The minimum Gasteiger partial charge on any atom is -0.459 e. The van der Waals surface area contributed by atoms with Gasteiger partial charge in [-0.1, -0.05) is 25.7 Å². The summed E-state index contributed by atoms with van der Waals surface area (Å²) in [6.07, 6.45) is 11.2. The number of carbonyl (C=O) groups excluding carboxylic acids is 1. The number of carbonyl (C=O) groups is 1. The summed E-state index contributed by atoms with van der Waals surface area (Å²) in [4.78, 5) is 29.5. The van der Waals surface area contributed by atoms with Crippen molar-refractivity contribution in [3.63, 3.8) is 0 Å². The molecule has 2 aromatic rings. The highest BCUT2D eigenvalue weighted by Gasteiger charge is 2.34. The Morgan fingerprint density at radius 3 is 2.91 bits per heavy atom. The molecule has 2 aliphatic carbocycles. The Morgan fingerprint density at radius 2 is 2.04 bits per heavy atom. The number of rotatable bonds is 2. The molecular formula is C17H20N2O3S. The van der Waals surface area contributed by atoms with Gasteiger partial charge in [-0.25, -0.2) is 9.78 Å². The minimum absolute atomic E-state index is 0.0340. The smallest absolute Gasteiger partial charge is 0.345 e. The number of hydrogen-bond acceptors (Lipinski definition) is 5. The van der Waals surface area contributed by atoms with Crippen molar-refractivity contribution in [1.82, 2.24) is 9.38 Å². The minimum atomic E-state index is -0.526.